The van der Waals surface area contributed by atoms with Crippen molar-refractivity contribution in [1.29, 1.82) is 0 Å². The Morgan fingerprint density at radius 1 is 0.906 bits per heavy atom. The average molecular weight is 429 g/mol. The molecule has 4 nitrogen and oxygen atoms in total. The molecule has 2 heterocycles. The third-order valence-corrected chi connectivity index (χ3v) is 8.61. The molecule has 0 unspecified atom stereocenters. The van der Waals surface area contributed by atoms with Gasteiger partial charge < -0.3 is 10.3 Å². The zero-order valence-corrected chi connectivity index (χ0v) is 20.4. The summed E-state index contributed by atoms with van der Waals surface area (Å²) in [5.74, 6) is 0. The zero-order valence-electron chi connectivity index (χ0n) is 20.4. The van der Waals surface area contributed by atoms with Gasteiger partial charge in [0.25, 0.3) is 5.69 Å². The van der Waals surface area contributed by atoms with E-state index >= 15 is 0 Å². The summed E-state index contributed by atoms with van der Waals surface area (Å²) in [7, 11) is 0. The van der Waals surface area contributed by atoms with Gasteiger partial charge in [0.15, 0.2) is 0 Å². The van der Waals surface area contributed by atoms with Crippen LogP contribution in [-0.4, -0.2) is 15.8 Å². The second-order valence-corrected chi connectivity index (χ2v) is 12.6. The largest absolute Gasteiger partial charge is 0.758 e. The SMILES string of the molecule is CC1(C)C2=C(c3cc4c(cc31)N([O-])C(C)(C)C4)c1ccc3c(c1C2(C)C)CC(C)(C)[N+]3=O. The molecule has 0 fully saturated rings. The van der Waals surface area contributed by atoms with Gasteiger partial charge in [-0.25, -0.2) is 0 Å². The second-order valence-electron chi connectivity index (χ2n) is 12.6. The fraction of sp³-hybridized carbons (Fsp3) is 0.500. The van der Waals surface area contributed by atoms with Gasteiger partial charge >= 0.3 is 0 Å². The number of hydrogen-bond donors (Lipinski definition) is 0. The van der Waals surface area contributed by atoms with Crippen LogP contribution in [-0.2, 0) is 23.7 Å². The molecule has 0 spiro atoms. The van der Waals surface area contributed by atoms with Gasteiger partial charge in [0, 0.05) is 63.6 Å². The number of nitrogens with zero attached hydrogens (tertiary/aromatic N) is 2. The molecule has 0 bridgehead atoms. The number of rotatable bonds is 0. The topological polar surface area (TPSA) is 46.4 Å². The Bertz CT molecular complexity index is 1310. The molecule has 0 amide bonds. The van der Waals surface area contributed by atoms with E-state index in [-0.39, 0.29) is 10.8 Å². The molecule has 0 aromatic heterocycles. The maximum Gasteiger partial charge on any atom is 0.260 e. The molecule has 4 aliphatic rings. The van der Waals surface area contributed by atoms with Crippen molar-refractivity contribution in [2.75, 3.05) is 5.06 Å². The first-order valence-corrected chi connectivity index (χ1v) is 11.7. The summed E-state index contributed by atoms with van der Waals surface area (Å²) in [5.41, 5.74) is 10.7. The minimum Gasteiger partial charge on any atom is -0.758 e. The smallest absolute Gasteiger partial charge is 0.260 e. The number of nitroso groups, excluding NO2 is 1. The lowest BCUT2D eigenvalue weighted by Gasteiger charge is -2.40. The lowest BCUT2D eigenvalue weighted by molar-refractivity contribution is -0.533. The Balaban J connectivity index is 1.63. The summed E-state index contributed by atoms with van der Waals surface area (Å²) in [6, 6.07) is 8.66. The maximum absolute atomic E-state index is 13.0. The predicted octanol–water partition coefficient (Wildman–Crippen LogP) is 6.45. The van der Waals surface area contributed by atoms with Crippen LogP contribution in [0, 0.1) is 10.1 Å². The van der Waals surface area contributed by atoms with E-state index in [1.54, 1.807) is 0 Å². The fourth-order valence-electron chi connectivity index (χ4n) is 7.39. The summed E-state index contributed by atoms with van der Waals surface area (Å²) in [4.78, 5) is 13.0. The van der Waals surface area contributed by atoms with Crippen molar-refractivity contribution < 1.29 is 4.76 Å². The molecule has 2 aromatic carbocycles. The van der Waals surface area contributed by atoms with Crippen molar-refractivity contribution in [2.24, 2.45) is 0 Å². The number of benzene rings is 2. The van der Waals surface area contributed by atoms with Gasteiger partial charge in [0.05, 0.1) is 0 Å². The minimum atomic E-state index is -0.419. The number of hydroxylamine groups is 1. The standard InChI is InChI=1S/C28H32N2O2/c1-25(2)13-15-11-17-19(12-21(15)30(25)32)27(5,6)24-22(17)16-9-10-20-18(23(16)28(24,7)8)14-26(3,4)29(20)31/h9-12H,13-14H2,1-8H3. The summed E-state index contributed by atoms with van der Waals surface area (Å²) >= 11 is 0. The average Bonchev–Trinajstić information content (AvgIpc) is 3.24. The van der Waals surface area contributed by atoms with Crippen LogP contribution in [0.25, 0.3) is 5.57 Å². The highest BCUT2D eigenvalue weighted by atomic mass is 16.5. The molecule has 4 heteroatoms. The quantitative estimate of drug-likeness (QED) is 0.453. The highest BCUT2D eigenvalue weighted by Crippen LogP contribution is 2.64. The lowest BCUT2D eigenvalue weighted by atomic mass is 9.67. The fourth-order valence-corrected chi connectivity index (χ4v) is 7.39. The van der Waals surface area contributed by atoms with E-state index in [9.17, 15) is 10.1 Å². The molecule has 0 saturated heterocycles. The van der Waals surface area contributed by atoms with Crippen molar-refractivity contribution in [3.8, 4) is 0 Å². The van der Waals surface area contributed by atoms with Crippen LogP contribution in [0.5, 0.6) is 0 Å². The Hall–Kier alpha value is -2.46. The highest BCUT2D eigenvalue weighted by molar-refractivity contribution is 5.98. The van der Waals surface area contributed by atoms with Crippen molar-refractivity contribution in [1.82, 2.24) is 0 Å². The van der Waals surface area contributed by atoms with Gasteiger partial charge in [-0.15, -0.1) is 0 Å². The Labute approximate surface area is 190 Å². The Morgan fingerprint density at radius 2 is 1.59 bits per heavy atom. The molecule has 2 aromatic rings. The minimum absolute atomic E-state index is 0.180. The second kappa shape index (κ2) is 5.36. The van der Waals surface area contributed by atoms with E-state index in [0.717, 1.165) is 29.8 Å². The summed E-state index contributed by atoms with van der Waals surface area (Å²) in [5, 5.41) is 14.2. The molecule has 0 saturated carbocycles. The van der Waals surface area contributed by atoms with Crippen LogP contribution in [0.4, 0.5) is 11.4 Å². The van der Waals surface area contributed by atoms with Gasteiger partial charge in [0.2, 0.25) is 5.54 Å². The normalized spacial score (nSPS) is 24.4. The Morgan fingerprint density at radius 3 is 2.28 bits per heavy atom. The van der Waals surface area contributed by atoms with Crippen molar-refractivity contribution in [3.05, 3.63) is 73.3 Å². The molecule has 0 N–H and O–H groups in total. The van der Waals surface area contributed by atoms with Crippen LogP contribution in [0.2, 0.25) is 0 Å². The monoisotopic (exact) mass is 428 g/mol. The number of hydrogen-bond acceptors (Lipinski definition) is 3. The molecule has 6 rings (SSSR count). The summed E-state index contributed by atoms with van der Waals surface area (Å²) < 4.78 is 1.21. The number of allylic oxidation sites excluding steroid dienone is 1. The molecule has 2 aliphatic heterocycles. The van der Waals surface area contributed by atoms with Gasteiger partial charge in [-0.3, -0.25) is 0 Å². The van der Waals surface area contributed by atoms with E-state index in [1.165, 1.54) is 48.8 Å². The molecule has 166 valence electrons. The highest BCUT2D eigenvalue weighted by Gasteiger charge is 2.56. The van der Waals surface area contributed by atoms with Gasteiger partial charge in [0.1, 0.15) is 0 Å². The number of fused-ring (bicyclic) bond motifs is 7. The first-order chi connectivity index (χ1) is 14.7. The third kappa shape index (κ3) is 2.08. The van der Waals surface area contributed by atoms with E-state index in [1.807, 2.05) is 33.8 Å². The molecule has 2 aliphatic carbocycles. The predicted molar refractivity (Wildman–Crippen MR) is 130 cm³/mol. The van der Waals surface area contributed by atoms with Crippen molar-refractivity contribution >= 4 is 16.9 Å². The van der Waals surface area contributed by atoms with E-state index in [4.69, 9.17) is 0 Å². The van der Waals surface area contributed by atoms with Crippen molar-refractivity contribution in [3.63, 3.8) is 0 Å². The van der Waals surface area contributed by atoms with Crippen molar-refractivity contribution in [2.45, 2.75) is 90.1 Å². The Kier molecular flexibility index (Phi) is 3.38. The summed E-state index contributed by atoms with van der Waals surface area (Å²) in [6.07, 6.45) is 1.54. The van der Waals surface area contributed by atoms with Gasteiger partial charge in [-0.2, -0.15) is 0 Å². The van der Waals surface area contributed by atoms with Gasteiger partial charge in [-0.1, -0.05) is 27.7 Å². The van der Waals surface area contributed by atoms with Crippen LogP contribution in [0.1, 0.15) is 88.8 Å². The third-order valence-electron chi connectivity index (χ3n) is 8.61. The van der Waals surface area contributed by atoms with Crippen LogP contribution >= 0.6 is 0 Å². The van der Waals surface area contributed by atoms with Crippen LogP contribution in [0.15, 0.2) is 29.8 Å². The lowest BCUT2D eigenvalue weighted by Crippen LogP contribution is -2.36. The first-order valence-electron chi connectivity index (χ1n) is 11.7. The molecule has 0 radical (unpaired) electrons. The van der Waals surface area contributed by atoms with E-state index < -0.39 is 11.1 Å². The molecule has 32 heavy (non-hydrogen) atoms. The summed E-state index contributed by atoms with van der Waals surface area (Å²) in [6.45, 7) is 17.4. The molecular formula is C28H32N2O2. The van der Waals surface area contributed by atoms with Gasteiger partial charge in [-0.05, 0) is 77.4 Å². The van der Waals surface area contributed by atoms with Crippen LogP contribution in [0.3, 0.4) is 0 Å². The molecule has 0 atom stereocenters. The van der Waals surface area contributed by atoms with E-state index in [0.29, 0.717) is 0 Å². The number of anilines is 1. The maximum atomic E-state index is 13.0. The zero-order chi connectivity index (χ0) is 23.2. The first kappa shape index (κ1) is 20.2. The van der Waals surface area contributed by atoms with E-state index in [2.05, 4.69) is 45.9 Å². The van der Waals surface area contributed by atoms with Crippen LogP contribution < -0.4 is 5.06 Å². The molecular weight excluding hydrogens is 396 g/mol.